The number of nitro benzene ring substituents is 1. The van der Waals surface area contributed by atoms with Gasteiger partial charge in [0, 0.05) is 99.3 Å². The van der Waals surface area contributed by atoms with Crippen molar-refractivity contribution >= 4 is 90.8 Å². The smallest absolute Gasteiger partial charge is 0.318 e. The lowest BCUT2D eigenvalue weighted by Crippen LogP contribution is -2.16. The average molecular weight is 1290 g/mol. The van der Waals surface area contributed by atoms with Gasteiger partial charge < -0.3 is 28.2 Å². The SMILES string of the molecule is CCC(=O)O/N=C(\C)c1cn(-c2ccccc2[N+](=O)[O-])c2ccccc12.CCCCCC/C(=N\OC(=O)CC)C(=O)c1cn(-c2ccc(C#N)cc2)c2ccccc12.CCCCCC/C(=N\OC(=O)CC)C(=O)c1cn(-c2ccc(C(=O)c3ccccc3)cc2)c2ccccc12. The molecule has 19 nitrogen and oxygen atoms in total. The molecule has 0 aliphatic rings. The highest BCUT2D eigenvalue weighted by molar-refractivity contribution is 6.48. The second-order valence-corrected chi connectivity index (χ2v) is 22.4. The molecule has 96 heavy (non-hydrogen) atoms. The Labute approximate surface area is 557 Å². The molecule has 0 unspecified atom stereocenters. The number of ketones is 3. The summed E-state index contributed by atoms with van der Waals surface area (Å²) in [7, 11) is 0. The number of unbranched alkanes of at least 4 members (excludes halogenated alkanes) is 6. The fourth-order valence-corrected chi connectivity index (χ4v) is 10.6. The van der Waals surface area contributed by atoms with Crippen LogP contribution in [0.2, 0.25) is 0 Å². The van der Waals surface area contributed by atoms with E-state index < -0.39 is 22.8 Å². The minimum absolute atomic E-state index is 0.00630. The molecule has 3 aromatic heterocycles. The zero-order chi connectivity index (χ0) is 68.5. The van der Waals surface area contributed by atoms with E-state index in [-0.39, 0.29) is 53.7 Å². The van der Waals surface area contributed by atoms with Crippen LogP contribution in [0.15, 0.2) is 210 Å². The number of benzene rings is 7. The molecule has 10 rings (SSSR count). The van der Waals surface area contributed by atoms with Gasteiger partial charge in [-0.3, -0.25) is 24.5 Å². The molecule has 0 bridgehead atoms. The van der Waals surface area contributed by atoms with Gasteiger partial charge >= 0.3 is 17.9 Å². The minimum Gasteiger partial charge on any atom is -0.318 e. The molecule has 0 spiro atoms. The number of fused-ring (bicyclic) bond motifs is 3. The number of oxime groups is 3. The number of nitrogens with zero attached hydrogens (tertiary/aromatic N) is 8. The van der Waals surface area contributed by atoms with Gasteiger partial charge in [-0.05, 0) is 105 Å². The summed E-state index contributed by atoms with van der Waals surface area (Å²) < 4.78 is 5.62. The Hall–Kier alpha value is -11.5. The summed E-state index contributed by atoms with van der Waals surface area (Å²) in [6.45, 7) is 11.0. The number of hydrogen-bond acceptors (Lipinski definition) is 15. The van der Waals surface area contributed by atoms with Gasteiger partial charge in [0.15, 0.2) is 5.78 Å². The highest BCUT2D eigenvalue weighted by atomic mass is 16.7. The molecule has 490 valence electrons. The molecule has 0 atom stereocenters. The van der Waals surface area contributed by atoms with Crippen molar-refractivity contribution in [3.05, 3.63) is 238 Å². The van der Waals surface area contributed by atoms with Gasteiger partial charge in [-0.2, -0.15) is 5.26 Å². The molecule has 0 aliphatic heterocycles. The maximum Gasteiger partial charge on any atom is 0.334 e. The van der Waals surface area contributed by atoms with Gasteiger partial charge in [-0.1, -0.05) is 186 Å². The fraction of sp³-hybridized carbons (Fsp3) is 0.247. The quantitative estimate of drug-likeness (QED) is 0.0116. The first-order chi connectivity index (χ1) is 46.6. The Bertz CT molecular complexity index is 4550. The molecule has 0 saturated carbocycles. The largest absolute Gasteiger partial charge is 0.334 e. The fourth-order valence-electron chi connectivity index (χ4n) is 10.6. The van der Waals surface area contributed by atoms with Crippen LogP contribution in [-0.2, 0) is 28.9 Å². The number of para-hydroxylation sites is 5. The van der Waals surface area contributed by atoms with Crippen LogP contribution in [0.5, 0.6) is 0 Å². The van der Waals surface area contributed by atoms with Crippen molar-refractivity contribution in [1.82, 2.24) is 13.7 Å². The number of nitriles is 1. The van der Waals surface area contributed by atoms with Crippen LogP contribution in [0, 0.1) is 21.4 Å². The molecule has 0 fully saturated rings. The highest BCUT2D eigenvalue weighted by Crippen LogP contribution is 2.32. The van der Waals surface area contributed by atoms with Crippen molar-refractivity contribution in [3.8, 4) is 23.1 Å². The van der Waals surface area contributed by atoms with Gasteiger partial charge in [0.2, 0.25) is 11.6 Å². The van der Waals surface area contributed by atoms with E-state index in [9.17, 15) is 38.9 Å². The van der Waals surface area contributed by atoms with Crippen LogP contribution in [0.4, 0.5) is 5.69 Å². The number of carbonyl (C=O) groups is 6. The number of rotatable bonds is 27. The predicted octanol–water partition coefficient (Wildman–Crippen LogP) is 17.5. The number of nitro groups is 1. The summed E-state index contributed by atoms with van der Waals surface area (Å²) in [6.07, 6.45) is 14.7. The molecule has 10 aromatic rings. The summed E-state index contributed by atoms with van der Waals surface area (Å²) >= 11 is 0. The molecular weight excluding hydrogens is 1210 g/mol. The third-order valence-corrected chi connectivity index (χ3v) is 15.8. The zero-order valence-corrected chi connectivity index (χ0v) is 54.7. The van der Waals surface area contributed by atoms with E-state index in [0.717, 1.165) is 101 Å². The Balaban J connectivity index is 0.000000187. The van der Waals surface area contributed by atoms with Crippen LogP contribution in [-0.4, -0.2) is 71.0 Å². The first-order valence-electron chi connectivity index (χ1n) is 32.3. The number of hydrogen-bond donors (Lipinski definition) is 0. The topological polar surface area (TPSA) is 249 Å². The predicted molar refractivity (Wildman–Crippen MR) is 373 cm³/mol. The lowest BCUT2D eigenvalue weighted by Gasteiger charge is -2.07. The van der Waals surface area contributed by atoms with E-state index in [2.05, 4.69) is 35.4 Å². The van der Waals surface area contributed by atoms with E-state index in [1.54, 1.807) is 105 Å². The third-order valence-electron chi connectivity index (χ3n) is 15.8. The van der Waals surface area contributed by atoms with E-state index >= 15 is 0 Å². The lowest BCUT2D eigenvalue weighted by atomic mass is 10.0. The summed E-state index contributed by atoms with van der Waals surface area (Å²) in [5.74, 6) is -1.91. The summed E-state index contributed by atoms with van der Waals surface area (Å²) in [6, 6.07) is 55.2. The Morgan fingerprint density at radius 3 is 1.31 bits per heavy atom. The Kier molecular flexibility index (Phi) is 25.6. The summed E-state index contributed by atoms with van der Waals surface area (Å²) in [5.41, 5.74) is 9.20. The van der Waals surface area contributed by atoms with Crippen LogP contribution in [0.25, 0.3) is 49.8 Å². The highest BCUT2D eigenvalue weighted by Gasteiger charge is 2.25. The second-order valence-electron chi connectivity index (χ2n) is 22.4. The number of Topliss-reactive ketones (excluding diaryl/α,β-unsaturated/α-hetero) is 2. The van der Waals surface area contributed by atoms with Crippen molar-refractivity contribution in [2.45, 2.75) is 125 Å². The summed E-state index contributed by atoms with van der Waals surface area (Å²) in [4.78, 5) is 101. The molecule has 0 N–H and O–H groups in total. The standard InChI is InChI=1S/C32H32N2O4.C26H27N3O3.C19H17N3O4/c1-3-5-6-10-16-28(33-38-30(35)4-2)32(37)27-22-34(29-17-12-11-15-26(27)29)25-20-18-24(19-21-25)31(36)23-13-8-7-9-14-23;1-3-5-6-7-11-23(28-32-25(30)4-2)26(31)22-18-29(24-12-9-8-10-21(22)24)20-15-13-19(17-27)14-16-20;1-3-19(23)26-20-13(2)15-12-21(16-9-5-4-8-14(15)16)17-10-6-7-11-18(17)22(24)25/h7-9,11-15,17-22H,3-6,10,16H2,1-2H3;8-10,12-16,18H,3-7,11H2,1-2H3;4-12H,3H2,1-2H3/b33-28+;28-23+;20-13+. The number of carbonyl (C=O) groups excluding carboxylic acids is 6. The molecule has 0 aliphatic carbocycles. The van der Waals surface area contributed by atoms with E-state index in [1.807, 2.05) is 124 Å². The van der Waals surface area contributed by atoms with Gasteiger partial charge in [0.1, 0.15) is 17.1 Å². The molecular formula is C77H76N8O11. The Morgan fingerprint density at radius 2 is 0.854 bits per heavy atom. The van der Waals surface area contributed by atoms with E-state index in [1.165, 1.54) is 6.07 Å². The minimum atomic E-state index is -0.476. The van der Waals surface area contributed by atoms with Crippen molar-refractivity contribution in [3.63, 3.8) is 0 Å². The van der Waals surface area contributed by atoms with Crippen LogP contribution < -0.4 is 0 Å². The van der Waals surface area contributed by atoms with E-state index in [0.29, 0.717) is 52.1 Å². The maximum atomic E-state index is 13.7. The average Bonchev–Trinajstić information content (AvgIpc) is 1.64. The first-order valence-corrected chi connectivity index (χ1v) is 32.3. The Morgan fingerprint density at radius 1 is 0.458 bits per heavy atom. The zero-order valence-electron chi connectivity index (χ0n) is 54.7. The summed E-state index contributed by atoms with van der Waals surface area (Å²) in [5, 5.41) is 34.7. The van der Waals surface area contributed by atoms with Gasteiger partial charge in [0.25, 0.3) is 5.69 Å². The molecule has 7 aromatic carbocycles. The van der Waals surface area contributed by atoms with Gasteiger partial charge in [-0.25, -0.2) is 14.4 Å². The first kappa shape index (κ1) is 70.4. The van der Waals surface area contributed by atoms with Crippen LogP contribution >= 0.6 is 0 Å². The van der Waals surface area contributed by atoms with Crippen molar-refractivity contribution in [2.75, 3.05) is 0 Å². The monoisotopic (exact) mass is 1290 g/mol. The van der Waals surface area contributed by atoms with Gasteiger partial charge in [0.05, 0.1) is 38.8 Å². The lowest BCUT2D eigenvalue weighted by molar-refractivity contribution is -0.384. The van der Waals surface area contributed by atoms with Crippen LogP contribution in [0.1, 0.15) is 173 Å². The van der Waals surface area contributed by atoms with Gasteiger partial charge in [-0.15, -0.1) is 0 Å². The maximum absolute atomic E-state index is 13.7. The van der Waals surface area contributed by atoms with Crippen LogP contribution in [0.3, 0.4) is 0 Å². The molecule has 19 heteroatoms. The van der Waals surface area contributed by atoms with Crippen molar-refractivity contribution in [2.24, 2.45) is 15.5 Å². The molecule has 3 heterocycles. The number of aromatic nitrogens is 3. The second kappa shape index (κ2) is 34.9. The normalized spacial score (nSPS) is 11.4. The van der Waals surface area contributed by atoms with Crippen molar-refractivity contribution in [1.29, 1.82) is 5.26 Å². The van der Waals surface area contributed by atoms with E-state index in [4.69, 9.17) is 19.8 Å². The molecule has 0 saturated heterocycles. The van der Waals surface area contributed by atoms with Crippen molar-refractivity contribution < 1.29 is 48.2 Å². The molecule has 0 amide bonds. The molecule has 0 radical (unpaired) electrons. The third kappa shape index (κ3) is 17.8.